The first-order valence-electron chi connectivity index (χ1n) is 6.91. The molecule has 0 radical (unpaired) electrons. The molecule has 120 valence electrons. The van der Waals surface area contributed by atoms with E-state index < -0.39 is 11.7 Å². The summed E-state index contributed by atoms with van der Waals surface area (Å²) in [5.41, 5.74) is 1.19. The van der Waals surface area contributed by atoms with E-state index in [0.717, 1.165) is 23.0 Å². The van der Waals surface area contributed by atoms with Crippen LogP contribution in [-0.4, -0.2) is 16.8 Å². The molecule has 0 unspecified atom stereocenters. The van der Waals surface area contributed by atoms with Gasteiger partial charge in [0.25, 0.3) is 0 Å². The first-order valence-corrected chi connectivity index (χ1v) is 6.91. The van der Waals surface area contributed by atoms with E-state index >= 15 is 0 Å². The SMILES string of the molecule is COc1ccc2cc(CO)n(-c3ccc(C(F)(F)F)cc3)c2c1. The van der Waals surface area contributed by atoms with E-state index in [1.54, 1.807) is 29.9 Å². The van der Waals surface area contributed by atoms with Crippen LogP contribution < -0.4 is 4.74 Å². The molecule has 6 heteroatoms. The first kappa shape index (κ1) is 15.4. The van der Waals surface area contributed by atoms with Crippen LogP contribution in [0.4, 0.5) is 13.2 Å². The number of halogens is 3. The lowest BCUT2D eigenvalue weighted by atomic mass is 10.2. The van der Waals surface area contributed by atoms with Gasteiger partial charge in [-0.25, -0.2) is 0 Å². The van der Waals surface area contributed by atoms with Crippen molar-refractivity contribution in [3.05, 3.63) is 59.8 Å². The number of rotatable bonds is 3. The Kier molecular flexibility index (Phi) is 3.77. The van der Waals surface area contributed by atoms with E-state index in [-0.39, 0.29) is 6.61 Å². The van der Waals surface area contributed by atoms with Gasteiger partial charge in [0.05, 0.1) is 24.8 Å². The zero-order valence-corrected chi connectivity index (χ0v) is 12.3. The molecule has 2 aromatic carbocycles. The highest BCUT2D eigenvalue weighted by molar-refractivity contribution is 5.84. The highest BCUT2D eigenvalue weighted by Crippen LogP contribution is 2.32. The molecule has 1 heterocycles. The van der Waals surface area contributed by atoms with Crippen LogP contribution in [0.3, 0.4) is 0 Å². The lowest BCUT2D eigenvalue weighted by Gasteiger charge is -2.12. The lowest BCUT2D eigenvalue weighted by Crippen LogP contribution is -2.06. The minimum Gasteiger partial charge on any atom is -0.497 e. The fraction of sp³-hybridized carbons (Fsp3) is 0.176. The molecule has 0 bridgehead atoms. The van der Waals surface area contributed by atoms with Gasteiger partial charge < -0.3 is 14.4 Å². The van der Waals surface area contributed by atoms with Gasteiger partial charge in [-0.3, -0.25) is 0 Å². The number of alkyl halides is 3. The first-order chi connectivity index (χ1) is 10.9. The van der Waals surface area contributed by atoms with E-state index in [1.807, 2.05) is 6.07 Å². The van der Waals surface area contributed by atoms with Gasteiger partial charge in [0.15, 0.2) is 0 Å². The molecule has 0 atom stereocenters. The van der Waals surface area contributed by atoms with Crippen LogP contribution in [0.1, 0.15) is 11.3 Å². The quantitative estimate of drug-likeness (QED) is 0.786. The highest BCUT2D eigenvalue weighted by atomic mass is 19.4. The van der Waals surface area contributed by atoms with Gasteiger partial charge in [-0.2, -0.15) is 13.2 Å². The van der Waals surface area contributed by atoms with Crippen molar-refractivity contribution in [1.29, 1.82) is 0 Å². The maximum Gasteiger partial charge on any atom is 0.416 e. The third-order valence-corrected chi connectivity index (χ3v) is 3.70. The van der Waals surface area contributed by atoms with Crippen molar-refractivity contribution in [2.45, 2.75) is 12.8 Å². The molecule has 0 aliphatic rings. The Bertz CT molecular complexity index is 835. The Hall–Kier alpha value is -2.47. The van der Waals surface area contributed by atoms with Crippen LogP contribution >= 0.6 is 0 Å². The smallest absolute Gasteiger partial charge is 0.416 e. The molecule has 3 aromatic rings. The molecule has 0 saturated carbocycles. The van der Waals surface area contributed by atoms with Gasteiger partial charge in [-0.05, 0) is 42.5 Å². The summed E-state index contributed by atoms with van der Waals surface area (Å²) in [5, 5.41) is 10.4. The van der Waals surface area contributed by atoms with Crippen molar-refractivity contribution in [3.63, 3.8) is 0 Å². The zero-order chi connectivity index (χ0) is 16.6. The van der Waals surface area contributed by atoms with Crippen molar-refractivity contribution < 1.29 is 23.0 Å². The minimum atomic E-state index is -4.37. The number of methoxy groups -OCH3 is 1. The van der Waals surface area contributed by atoms with Crippen LogP contribution in [0.25, 0.3) is 16.6 Å². The number of benzene rings is 2. The number of aliphatic hydroxyl groups is 1. The molecule has 0 spiro atoms. The second-order valence-electron chi connectivity index (χ2n) is 5.10. The average molecular weight is 321 g/mol. The molecule has 0 fully saturated rings. The van der Waals surface area contributed by atoms with Crippen molar-refractivity contribution in [3.8, 4) is 11.4 Å². The molecule has 23 heavy (non-hydrogen) atoms. The van der Waals surface area contributed by atoms with E-state index in [9.17, 15) is 18.3 Å². The Balaban J connectivity index is 2.17. The summed E-state index contributed by atoms with van der Waals surface area (Å²) in [6.07, 6.45) is -4.37. The van der Waals surface area contributed by atoms with Crippen LogP contribution in [0.15, 0.2) is 48.5 Å². The fourth-order valence-corrected chi connectivity index (χ4v) is 2.59. The molecule has 3 nitrogen and oxygen atoms in total. The predicted octanol–water partition coefficient (Wildman–Crippen LogP) is 4.15. The molecule has 1 N–H and O–H groups in total. The summed E-state index contributed by atoms with van der Waals surface area (Å²) in [4.78, 5) is 0. The molecule has 1 aromatic heterocycles. The second-order valence-corrected chi connectivity index (χ2v) is 5.10. The second kappa shape index (κ2) is 5.62. The summed E-state index contributed by atoms with van der Waals surface area (Å²) >= 11 is 0. The average Bonchev–Trinajstić information content (AvgIpc) is 2.91. The fourth-order valence-electron chi connectivity index (χ4n) is 2.59. The standard InChI is InChI=1S/C17H14F3NO2/c1-23-15-7-2-11-8-14(10-22)21(16(11)9-15)13-5-3-12(4-6-13)17(18,19)20/h2-9,22H,10H2,1H3. The van der Waals surface area contributed by atoms with Gasteiger partial charge in [-0.1, -0.05) is 0 Å². The summed E-state index contributed by atoms with van der Waals surface area (Å²) in [5.74, 6) is 0.633. The van der Waals surface area contributed by atoms with Gasteiger partial charge in [0.1, 0.15) is 5.75 Å². The third kappa shape index (κ3) is 2.77. The van der Waals surface area contributed by atoms with Gasteiger partial charge in [0.2, 0.25) is 0 Å². The van der Waals surface area contributed by atoms with E-state index in [1.165, 1.54) is 12.1 Å². The Labute approximate surface area is 130 Å². The monoisotopic (exact) mass is 321 g/mol. The van der Waals surface area contributed by atoms with Gasteiger partial charge in [-0.15, -0.1) is 0 Å². The van der Waals surface area contributed by atoms with Crippen molar-refractivity contribution in [2.75, 3.05) is 7.11 Å². The molecular weight excluding hydrogens is 307 g/mol. The van der Waals surface area contributed by atoms with Gasteiger partial charge >= 0.3 is 6.18 Å². The Morgan fingerprint density at radius 3 is 2.30 bits per heavy atom. The van der Waals surface area contributed by atoms with Crippen LogP contribution in [0.5, 0.6) is 5.75 Å². The van der Waals surface area contributed by atoms with E-state index in [2.05, 4.69) is 0 Å². The molecule has 3 rings (SSSR count). The maximum atomic E-state index is 12.7. The topological polar surface area (TPSA) is 34.4 Å². The lowest BCUT2D eigenvalue weighted by molar-refractivity contribution is -0.137. The predicted molar refractivity (Wildman–Crippen MR) is 80.8 cm³/mol. The number of fused-ring (bicyclic) bond motifs is 1. The van der Waals surface area contributed by atoms with Crippen LogP contribution in [0.2, 0.25) is 0 Å². The van der Waals surface area contributed by atoms with Crippen molar-refractivity contribution >= 4 is 10.9 Å². The Morgan fingerprint density at radius 1 is 1.04 bits per heavy atom. The normalized spacial score (nSPS) is 11.9. The number of ether oxygens (including phenoxy) is 1. The zero-order valence-electron chi connectivity index (χ0n) is 12.3. The summed E-state index contributed by atoms with van der Waals surface area (Å²) in [6, 6.07) is 12.1. The number of aliphatic hydroxyl groups excluding tert-OH is 1. The molecule has 0 aliphatic carbocycles. The number of aromatic nitrogens is 1. The van der Waals surface area contributed by atoms with E-state index in [0.29, 0.717) is 17.1 Å². The maximum absolute atomic E-state index is 12.7. The Morgan fingerprint density at radius 2 is 1.74 bits per heavy atom. The number of hydrogen-bond acceptors (Lipinski definition) is 2. The number of hydrogen-bond donors (Lipinski definition) is 1. The number of nitrogens with zero attached hydrogens (tertiary/aromatic N) is 1. The molecular formula is C17H14F3NO2. The largest absolute Gasteiger partial charge is 0.497 e. The van der Waals surface area contributed by atoms with Crippen molar-refractivity contribution in [2.24, 2.45) is 0 Å². The third-order valence-electron chi connectivity index (χ3n) is 3.70. The van der Waals surface area contributed by atoms with Crippen LogP contribution in [-0.2, 0) is 12.8 Å². The van der Waals surface area contributed by atoms with Gasteiger partial charge in [0, 0.05) is 22.8 Å². The highest BCUT2D eigenvalue weighted by Gasteiger charge is 2.30. The minimum absolute atomic E-state index is 0.224. The summed E-state index contributed by atoms with van der Waals surface area (Å²) in [6.45, 7) is -0.224. The summed E-state index contributed by atoms with van der Waals surface area (Å²) < 4.78 is 45.0. The summed E-state index contributed by atoms with van der Waals surface area (Å²) in [7, 11) is 1.54. The van der Waals surface area contributed by atoms with Crippen LogP contribution in [0, 0.1) is 0 Å². The van der Waals surface area contributed by atoms with Crippen molar-refractivity contribution in [1.82, 2.24) is 4.57 Å². The van der Waals surface area contributed by atoms with E-state index in [4.69, 9.17) is 4.74 Å². The molecule has 0 amide bonds. The molecule has 0 aliphatic heterocycles. The molecule has 0 saturated heterocycles.